The van der Waals surface area contributed by atoms with E-state index in [2.05, 4.69) is 10.6 Å². The molecule has 0 saturated heterocycles. The standard InChI is InChI=1S/C22H26N2O5S/c1-27-15-16-28-19-9-7-18(8-10-19)23-22(30)24-20(25)11-12-21(26)29-14-13-17-5-3-2-4-6-17/h2-10H,11-16H2,1H3,(H2,23,24,25,30). The van der Waals surface area contributed by atoms with E-state index in [9.17, 15) is 9.59 Å². The first-order valence-corrected chi connectivity index (χ1v) is 10.00. The molecule has 0 spiro atoms. The molecule has 0 bridgehead atoms. The lowest BCUT2D eigenvalue weighted by Crippen LogP contribution is -2.34. The quantitative estimate of drug-likeness (QED) is 0.322. The summed E-state index contributed by atoms with van der Waals surface area (Å²) in [6, 6.07) is 16.9. The molecule has 2 aromatic rings. The fourth-order valence-electron chi connectivity index (χ4n) is 2.44. The summed E-state index contributed by atoms with van der Waals surface area (Å²) in [5.41, 5.74) is 1.80. The Balaban J connectivity index is 1.61. The zero-order valence-corrected chi connectivity index (χ0v) is 17.7. The molecule has 0 aliphatic carbocycles. The van der Waals surface area contributed by atoms with Crippen molar-refractivity contribution in [2.75, 3.05) is 32.2 Å². The van der Waals surface area contributed by atoms with E-state index < -0.39 is 5.97 Å². The molecule has 0 aromatic heterocycles. The van der Waals surface area contributed by atoms with Crippen molar-refractivity contribution in [3.8, 4) is 5.75 Å². The van der Waals surface area contributed by atoms with Crippen LogP contribution in [0.3, 0.4) is 0 Å². The third kappa shape index (κ3) is 9.49. The van der Waals surface area contributed by atoms with Gasteiger partial charge < -0.3 is 24.8 Å². The third-order valence-corrected chi connectivity index (χ3v) is 4.18. The number of ether oxygens (including phenoxy) is 3. The van der Waals surface area contributed by atoms with Gasteiger partial charge in [-0.05, 0) is 42.0 Å². The summed E-state index contributed by atoms with van der Waals surface area (Å²) in [6.07, 6.45) is 0.637. The molecule has 1 amide bonds. The van der Waals surface area contributed by atoms with Crippen LogP contribution in [0.25, 0.3) is 0 Å². The molecular formula is C22H26N2O5S. The number of hydrogen-bond acceptors (Lipinski definition) is 6. The Labute approximate surface area is 181 Å². The van der Waals surface area contributed by atoms with Crippen molar-refractivity contribution in [1.82, 2.24) is 5.32 Å². The van der Waals surface area contributed by atoms with E-state index >= 15 is 0 Å². The minimum Gasteiger partial charge on any atom is -0.491 e. The van der Waals surface area contributed by atoms with E-state index in [1.165, 1.54) is 0 Å². The van der Waals surface area contributed by atoms with Gasteiger partial charge in [-0.3, -0.25) is 9.59 Å². The van der Waals surface area contributed by atoms with Gasteiger partial charge in [0.05, 0.1) is 19.6 Å². The van der Waals surface area contributed by atoms with Crippen LogP contribution in [-0.2, 0) is 25.5 Å². The number of carbonyl (C=O) groups excluding carboxylic acids is 2. The van der Waals surface area contributed by atoms with E-state index in [1.807, 2.05) is 30.3 Å². The normalized spacial score (nSPS) is 10.2. The summed E-state index contributed by atoms with van der Waals surface area (Å²) < 4.78 is 15.6. The van der Waals surface area contributed by atoms with Gasteiger partial charge >= 0.3 is 5.97 Å². The molecule has 2 rings (SSSR count). The number of carbonyl (C=O) groups is 2. The molecule has 0 heterocycles. The maximum atomic E-state index is 12.0. The van der Waals surface area contributed by atoms with Crippen molar-refractivity contribution in [3.63, 3.8) is 0 Å². The number of anilines is 1. The number of nitrogens with one attached hydrogen (secondary N) is 2. The first-order chi connectivity index (χ1) is 14.6. The van der Waals surface area contributed by atoms with Crippen molar-refractivity contribution in [2.24, 2.45) is 0 Å². The summed E-state index contributed by atoms with van der Waals surface area (Å²) in [5.74, 6) is -0.0608. The Bertz CT molecular complexity index is 812. The Hall–Kier alpha value is -2.97. The van der Waals surface area contributed by atoms with Crippen LogP contribution < -0.4 is 15.4 Å². The second-order valence-electron chi connectivity index (χ2n) is 6.32. The lowest BCUT2D eigenvalue weighted by atomic mass is 10.2. The number of amides is 1. The van der Waals surface area contributed by atoms with E-state index in [0.717, 1.165) is 5.56 Å². The molecule has 2 N–H and O–H groups in total. The summed E-state index contributed by atoms with van der Waals surface area (Å²) in [4.78, 5) is 23.7. The lowest BCUT2D eigenvalue weighted by Gasteiger charge is -2.11. The van der Waals surface area contributed by atoms with Gasteiger partial charge in [0, 0.05) is 25.6 Å². The topological polar surface area (TPSA) is 85.9 Å². The van der Waals surface area contributed by atoms with Gasteiger partial charge in [-0.1, -0.05) is 30.3 Å². The second kappa shape index (κ2) is 13.3. The number of hydrogen-bond donors (Lipinski definition) is 2. The smallest absolute Gasteiger partial charge is 0.306 e. The monoisotopic (exact) mass is 430 g/mol. The number of esters is 1. The number of methoxy groups -OCH3 is 1. The van der Waals surface area contributed by atoms with Crippen LogP contribution in [0.15, 0.2) is 54.6 Å². The minimum atomic E-state index is -0.413. The van der Waals surface area contributed by atoms with Gasteiger partial charge in [0.15, 0.2) is 5.11 Å². The van der Waals surface area contributed by atoms with Gasteiger partial charge in [-0.25, -0.2) is 0 Å². The fourth-order valence-corrected chi connectivity index (χ4v) is 2.68. The zero-order valence-electron chi connectivity index (χ0n) is 16.9. The average Bonchev–Trinajstić information content (AvgIpc) is 2.74. The Morgan fingerprint density at radius 2 is 1.67 bits per heavy atom. The Morgan fingerprint density at radius 3 is 2.37 bits per heavy atom. The molecule has 0 aliphatic heterocycles. The maximum Gasteiger partial charge on any atom is 0.306 e. The molecule has 0 unspecified atom stereocenters. The number of rotatable bonds is 11. The number of thiocarbonyl (C=S) groups is 1. The minimum absolute atomic E-state index is 0.00172. The molecule has 8 heteroatoms. The van der Waals surface area contributed by atoms with E-state index in [4.69, 9.17) is 26.4 Å². The highest BCUT2D eigenvalue weighted by atomic mass is 32.1. The first-order valence-electron chi connectivity index (χ1n) is 9.59. The van der Waals surface area contributed by atoms with Crippen molar-refractivity contribution in [2.45, 2.75) is 19.3 Å². The van der Waals surface area contributed by atoms with Crippen LogP contribution in [0.2, 0.25) is 0 Å². The van der Waals surface area contributed by atoms with Crippen LogP contribution in [-0.4, -0.2) is 43.9 Å². The van der Waals surface area contributed by atoms with Gasteiger partial charge in [-0.15, -0.1) is 0 Å². The fraction of sp³-hybridized carbons (Fsp3) is 0.318. The van der Waals surface area contributed by atoms with Crippen LogP contribution in [0.4, 0.5) is 5.69 Å². The van der Waals surface area contributed by atoms with Crippen molar-refractivity contribution in [3.05, 3.63) is 60.2 Å². The summed E-state index contributed by atoms with van der Waals surface area (Å²) in [6.45, 7) is 1.26. The lowest BCUT2D eigenvalue weighted by molar-refractivity contribution is -0.144. The van der Waals surface area contributed by atoms with E-state index in [-0.39, 0.29) is 30.5 Å². The van der Waals surface area contributed by atoms with Gasteiger partial charge in [-0.2, -0.15) is 0 Å². The van der Waals surface area contributed by atoms with Gasteiger partial charge in [0.1, 0.15) is 12.4 Å². The highest BCUT2D eigenvalue weighted by Crippen LogP contribution is 2.15. The molecule has 160 valence electrons. The highest BCUT2D eigenvalue weighted by molar-refractivity contribution is 7.80. The highest BCUT2D eigenvalue weighted by Gasteiger charge is 2.10. The molecule has 0 saturated carbocycles. The van der Waals surface area contributed by atoms with Crippen molar-refractivity contribution < 1.29 is 23.8 Å². The molecule has 7 nitrogen and oxygen atoms in total. The zero-order chi connectivity index (χ0) is 21.6. The van der Waals surface area contributed by atoms with Crippen LogP contribution in [0.1, 0.15) is 18.4 Å². The molecule has 0 atom stereocenters. The molecular weight excluding hydrogens is 404 g/mol. The predicted octanol–water partition coefficient (Wildman–Crippen LogP) is 3.09. The molecule has 2 aromatic carbocycles. The molecule has 0 radical (unpaired) electrons. The Morgan fingerprint density at radius 1 is 0.933 bits per heavy atom. The maximum absolute atomic E-state index is 12.0. The van der Waals surface area contributed by atoms with E-state index in [1.54, 1.807) is 31.4 Å². The van der Waals surface area contributed by atoms with Crippen molar-refractivity contribution >= 4 is 34.9 Å². The largest absolute Gasteiger partial charge is 0.491 e. The SMILES string of the molecule is COCCOc1ccc(NC(=S)NC(=O)CCC(=O)OCCc2ccccc2)cc1. The molecule has 0 fully saturated rings. The Kier molecular flexibility index (Phi) is 10.3. The summed E-state index contributed by atoms with van der Waals surface area (Å²) >= 11 is 5.13. The second-order valence-corrected chi connectivity index (χ2v) is 6.73. The van der Waals surface area contributed by atoms with Crippen LogP contribution >= 0.6 is 12.2 Å². The van der Waals surface area contributed by atoms with Crippen LogP contribution in [0.5, 0.6) is 5.75 Å². The average molecular weight is 431 g/mol. The van der Waals surface area contributed by atoms with E-state index in [0.29, 0.717) is 31.1 Å². The molecule has 0 aliphatic rings. The van der Waals surface area contributed by atoms with Gasteiger partial charge in [0.25, 0.3) is 0 Å². The van der Waals surface area contributed by atoms with Crippen molar-refractivity contribution in [1.29, 1.82) is 0 Å². The van der Waals surface area contributed by atoms with Gasteiger partial charge in [0.2, 0.25) is 5.91 Å². The summed E-state index contributed by atoms with van der Waals surface area (Å²) in [7, 11) is 1.61. The first kappa shape index (κ1) is 23.3. The third-order valence-electron chi connectivity index (χ3n) is 3.97. The molecule has 30 heavy (non-hydrogen) atoms. The van der Waals surface area contributed by atoms with Crippen LogP contribution in [0, 0.1) is 0 Å². The summed E-state index contributed by atoms with van der Waals surface area (Å²) in [5, 5.41) is 5.62. The number of benzene rings is 2. The predicted molar refractivity (Wildman–Crippen MR) is 119 cm³/mol.